The molecule has 1 rings (SSSR count). The summed E-state index contributed by atoms with van der Waals surface area (Å²) in [4.78, 5) is -0.392. The highest BCUT2D eigenvalue weighted by atomic mass is 32.2. The summed E-state index contributed by atoms with van der Waals surface area (Å²) in [5.74, 6) is 1.31. The predicted octanol–water partition coefficient (Wildman–Crippen LogP) is -0.272. The van der Waals surface area contributed by atoms with Gasteiger partial charge in [-0.05, 0) is 30.4 Å². The maximum Gasteiger partial charge on any atom is 0.240 e. The van der Waals surface area contributed by atoms with Crippen LogP contribution >= 0.6 is 11.8 Å². The lowest BCUT2D eigenvalue weighted by Crippen LogP contribution is -2.26. The smallest absolute Gasteiger partial charge is 0.240 e. The molecule has 0 bridgehead atoms. The summed E-state index contributed by atoms with van der Waals surface area (Å²) >= 11 is 1.52. The zero-order valence-corrected chi connectivity index (χ0v) is 13.7. The summed E-state index contributed by atoms with van der Waals surface area (Å²) < 4.78 is 48.8. The van der Waals surface area contributed by atoms with Gasteiger partial charge in [0.05, 0.1) is 9.79 Å². The summed E-state index contributed by atoms with van der Waals surface area (Å²) in [5, 5.41) is 13.6. The second-order valence-electron chi connectivity index (χ2n) is 4.11. The molecule has 0 unspecified atom stereocenters. The number of aliphatic hydroxyl groups is 1. The number of nitrogens with two attached hydrogens (primary N) is 1. The van der Waals surface area contributed by atoms with Gasteiger partial charge in [-0.25, -0.2) is 26.7 Å². The summed E-state index contributed by atoms with van der Waals surface area (Å²) in [6.45, 7) is 0.330. The molecule has 0 aliphatic rings. The molecule has 0 atom stereocenters. The summed E-state index contributed by atoms with van der Waals surface area (Å²) in [6.07, 6.45) is 0.661. The van der Waals surface area contributed by atoms with E-state index in [2.05, 4.69) is 4.72 Å². The zero-order chi connectivity index (χ0) is 15.9. The van der Waals surface area contributed by atoms with E-state index >= 15 is 0 Å². The van der Waals surface area contributed by atoms with Gasteiger partial charge in [-0.2, -0.15) is 11.8 Å². The van der Waals surface area contributed by atoms with Crippen molar-refractivity contribution in [3.63, 3.8) is 0 Å². The van der Waals surface area contributed by atoms with E-state index in [1.54, 1.807) is 0 Å². The number of primary sulfonamides is 1. The molecule has 0 radical (unpaired) electrons. The second-order valence-corrected chi connectivity index (χ2v) is 8.66. The van der Waals surface area contributed by atoms with Gasteiger partial charge in [0.15, 0.2) is 0 Å². The first-order valence-corrected chi connectivity index (χ1v) is 10.3. The van der Waals surface area contributed by atoms with Crippen LogP contribution in [0.25, 0.3) is 0 Å². The van der Waals surface area contributed by atoms with Crippen molar-refractivity contribution in [1.82, 2.24) is 4.72 Å². The minimum absolute atomic E-state index is 0.110. The fourth-order valence-electron chi connectivity index (χ4n) is 1.42. The summed E-state index contributed by atoms with van der Waals surface area (Å²) in [7, 11) is -7.71. The molecule has 21 heavy (non-hydrogen) atoms. The van der Waals surface area contributed by atoms with E-state index in [-0.39, 0.29) is 22.9 Å². The SMILES string of the molecule is NS(=O)(=O)c1cccc(S(=O)(=O)NCCSCCCO)c1. The molecule has 0 aliphatic heterocycles. The molecule has 0 spiro atoms. The van der Waals surface area contributed by atoms with E-state index < -0.39 is 20.0 Å². The fourth-order valence-corrected chi connectivity index (χ4v) is 4.04. The van der Waals surface area contributed by atoms with Crippen LogP contribution < -0.4 is 9.86 Å². The molecule has 0 aliphatic carbocycles. The zero-order valence-electron chi connectivity index (χ0n) is 11.2. The quantitative estimate of drug-likeness (QED) is 0.524. The standard InChI is InChI=1S/C11H18N2O5S3/c12-20(15,16)10-3-1-4-11(9-10)21(17,18)13-5-8-19-7-2-6-14/h1,3-4,9,13-14H,2,5-8H2,(H2,12,15,16). The monoisotopic (exact) mass is 354 g/mol. The molecule has 1 aromatic carbocycles. The topological polar surface area (TPSA) is 127 Å². The fraction of sp³-hybridized carbons (Fsp3) is 0.455. The van der Waals surface area contributed by atoms with Crippen LogP contribution in [0.5, 0.6) is 0 Å². The predicted molar refractivity (Wildman–Crippen MR) is 82.0 cm³/mol. The Morgan fingerprint density at radius 2 is 1.81 bits per heavy atom. The first-order chi connectivity index (χ1) is 9.77. The molecule has 0 amide bonds. The van der Waals surface area contributed by atoms with Gasteiger partial charge in [-0.15, -0.1) is 0 Å². The number of thioether (sulfide) groups is 1. The largest absolute Gasteiger partial charge is 0.396 e. The van der Waals surface area contributed by atoms with Gasteiger partial charge < -0.3 is 5.11 Å². The second kappa shape index (κ2) is 8.11. The molecule has 0 heterocycles. The molecule has 10 heteroatoms. The lowest BCUT2D eigenvalue weighted by molar-refractivity contribution is 0.296. The van der Waals surface area contributed by atoms with Crippen LogP contribution in [-0.2, 0) is 20.0 Å². The first-order valence-electron chi connectivity index (χ1n) is 6.08. The first kappa shape index (κ1) is 18.4. The third-order valence-electron chi connectivity index (χ3n) is 2.43. The third-order valence-corrected chi connectivity index (χ3v) is 5.87. The van der Waals surface area contributed by atoms with E-state index in [0.717, 1.165) is 11.8 Å². The lowest BCUT2D eigenvalue weighted by atomic mass is 10.4. The normalized spacial score (nSPS) is 12.5. The molecular weight excluding hydrogens is 336 g/mol. The van der Waals surface area contributed by atoms with Gasteiger partial charge in [-0.3, -0.25) is 0 Å². The van der Waals surface area contributed by atoms with Crippen molar-refractivity contribution in [1.29, 1.82) is 0 Å². The van der Waals surface area contributed by atoms with E-state index in [4.69, 9.17) is 10.2 Å². The van der Waals surface area contributed by atoms with Gasteiger partial charge in [0.25, 0.3) is 0 Å². The molecule has 0 aromatic heterocycles. The van der Waals surface area contributed by atoms with E-state index in [0.29, 0.717) is 12.2 Å². The Kier molecular flexibility index (Phi) is 7.10. The average molecular weight is 354 g/mol. The maximum atomic E-state index is 12.0. The Hall–Kier alpha value is -0.650. The maximum absolute atomic E-state index is 12.0. The Morgan fingerprint density at radius 3 is 2.43 bits per heavy atom. The van der Waals surface area contributed by atoms with E-state index in [9.17, 15) is 16.8 Å². The molecule has 7 nitrogen and oxygen atoms in total. The van der Waals surface area contributed by atoms with Crippen LogP contribution in [-0.4, -0.2) is 46.6 Å². The molecule has 0 fully saturated rings. The highest BCUT2D eigenvalue weighted by Crippen LogP contribution is 2.14. The number of hydrogen-bond acceptors (Lipinski definition) is 6. The number of aliphatic hydroxyl groups excluding tert-OH is 1. The van der Waals surface area contributed by atoms with Gasteiger partial charge in [0, 0.05) is 18.9 Å². The third kappa shape index (κ3) is 6.32. The minimum atomic E-state index is -3.94. The van der Waals surface area contributed by atoms with Crippen molar-refractivity contribution in [3.05, 3.63) is 24.3 Å². The van der Waals surface area contributed by atoms with Crippen molar-refractivity contribution in [3.8, 4) is 0 Å². The Bertz CT molecular complexity index is 658. The van der Waals surface area contributed by atoms with Gasteiger partial charge in [0.2, 0.25) is 20.0 Å². The van der Waals surface area contributed by atoms with Crippen molar-refractivity contribution in [2.24, 2.45) is 5.14 Å². The minimum Gasteiger partial charge on any atom is -0.396 e. The Labute approximate surface area is 129 Å². The molecule has 0 saturated heterocycles. The van der Waals surface area contributed by atoms with Crippen LogP contribution in [0.4, 0.5) is 0 Å². The Balaban J connectivity index is 2.67. The van der Waals surface area contributed by atoms with Crippen molar-refractivity contribution < 1.29 is 21.9 Å². The van der Waals surface area contributed by atoms with Crippen LogP contribution in [0.2, 0.25) is 0 Å². The highest BCUT2D eigenvalue weighted by molar-refractivity contribution is 7.99. The number of hydrogen-bond donors (Lipinski definition) is 3. The molecule has 4 N–H and O–H groups in total. The average Bonchev–Trinajstić information content (AvgIpc) is 2.42. The van der Waals surface area contributed by atoms with Gasteiger partial charge >= 0.3 is 0 Å². The molecule has 0 saturated carbocycles. The number of rotatable bonds is 9. The van der Waals surface area contributed by atoms with E-state index in [1.165, 1.54) is 30.0 Å². The van der Waals surface area contributed by atoms with Gasteiger partial charge in [0.1, 0.15) is 0 Å². The van der Waals surface area contributed by atoms with Crippen LogP contribution in [0.15, 0.2) is 34.1 Å². The van der Waals surface area contributed by atoms with Crippen molar-refractivity contribution in [2.75, 3.05) is 24.7 Å². The molecular formula is C11H18N2O5S3. The molecule has 120 valence electrons. The van der Waals surface area contributed by atoms with Crippen LogP contribution in [0.1, 0.15) is 6.42 Å². The summed E-state index contributed by atoms with van der Waals surface area (Å²) in [5.41, 5.74) is 0. The number of nitrogens with one attached hydrogen (secondary N) is 1. The van der Waals surface area contributed by atoms with E-state index in [1.807, 2.05) is 0 Å². The van der Waals surface area contributed by atoms with Crippen LogP contribution in [0.3, 0.4) is 0 Å². The van der Waals surface area contributed by atoms with Crippen molar-refractivity contribution in [2.45, 2.75) is 16.2 Å². The lowest BCUT2D eigenvalue weighted by Gasteiger charge is -2.07. The number of benzene rings is 1. The molecule has 1 aromatic rings. The van der Waals surface area contributed by atoms with Gasteiger partial charge in [-0.1, -0.05) is 6.07 Å². The Morgan fingerprint density at radius 1 is 1.14 bits per heavy atom. The summed E-state index contributed by atoms with van der Waals surface area (Å²) in [6, 6.07) is 4.88. The highest BCUT2D eigenvalue weighted by Gasteiger charge is 2.16. The number of sulfonamides is 2. The van der Waals surface area contributed by atoms with Crippen LogP contribution in [0, 0.1) is 0 Å². The van der Waals surface area contributed by atoms with Crippen molar-refractivity contribution >= 4 is 31.8 Å².